The molecule has 9 heteroatoms. The zero-order chi connectivity index (χ0) is 17.9. The molecule has 1 saturated heterocycles. The van der Waals surface area contributed by atoms with Crippen LogP contribution in [0.5, 0.6) is 0 Å². The largest absolute Gasteiger partial charge is 0.416 e. The molecule has 1 heterocycles. The number of benzene rings is 1. The maximum absolute atomic E-state index is 12.9. The number of alkyl halides is 3. The van der Waals surface area contributed by atoms with Crippen LogP contribution in [0.15, 0.2) is 18.2 Å². The molecule has 2 rings (SSSR count). The van der Waals surface area contributed by atoms with Crippen LogP contribution in [0.4, 0.5) is 29.3 Å². The van der Waals surface area contributed by atoms with Gasteiger partial charge in [0, 0.05) is 33.1 Å². The lowest BCUT2D eigenvalue weighted by Gasteiger charge is -2.24. The number of hydrogen-bond acceptors (Lipinski definition) is 3. The van der Waals surface area contributed by atoms with Crippen LogP contribution in [0.3, 0.4) is 0 Å². The van der Waals surface area contributed by atoms with Gasteiger partial charge in [-0.1, -0.05) is 0 Å². The van der Waals surface area contributed by atoms with Crippen LogP contribution in [0.25, 0.3) is 0 Å². The van der Waals surface area contributed by atoms with Crippen molar-refractivity contribution in [3.63, 3.8) is 0 Å². The molecule has 1 fully saturated rings. The fraction of sp³-hybridized carbons (Fsp3) is 0.467. The predicted molar refractivity (Wildman–Crippen MR) is 84.0 cm³/mol. The Hall–Kier alpha value is -2.45. The highest BCUT2D eigenvalue weighted by molar-refractivity contribution is 5.93. The van der Waals surface area contributed by atoms with Gasteiger partial charge >= 0.3 is 12.2 Å². The van der Waals surface area contributed by atoms with Crippen LogP contribution >= 0.6 is 0 Å². The maximum Gasteiger partial charge on any atom is 0.416 e. The van der Waals surface area contributed by atoms with E-state index in [2.05, 4.69) is 16.0 Å². The van der Waals surface area contributed by atoms with E-state index in [0.29, 0.717) is 25.1 Å². The molecular formula is C15H19F3N4O2. The van der Waals surface area contributed by atoms with Crippen molar-refractivity contribution in [2.75, 3.05) is 30.9 Å². The number of urea groups is 1. The SMILES string of the molecule is CN(C)c1ccc(C(F)(F)F)cc1NC(=O)N[C@@H]1CCC(=O)NC1. The van der Waals surface area contributed by atoms with Gasteiger partial charge in [-0.2, -0.15) is 13.2 Å². The lowest BCUT2D eigenvalue weighted by Crippen LogP contribution is -2.49. The van der Waals surface area contributed by atoms with E-state index in [1.807, 2.05) is 0 Å². The van der Waals surface area contributed by atoms with Gasteiger partial charge in [0.15, 0.2) is 0 Å². The average Bonchev–Trinajstić information content (AvgIpc) is 2.48. The van der Waals surface area contributed by atoms with Crippen LogP contribution < -0.4 is 20.9 Å². The molecule has 3 amide bonds. The Kier molecular flexibility index (Phi) is 5.20. The Bertz CT molecular complexity index is 622. The number of piperidine rings is 1. The average molecular weight is 344 g/mol. The molecule has 0 spiro atoms. The van der Waals surface area contributed by atoms with E-state index < -0.39 is 17.8 Å². The summed E-state index contributed by atoms with van der Waals surface area (Å²) in [5, 5.41) is 7.73. The first kappa shape index (κ1) is 17.9. The smallest absolute Gasteiger partial charge is 0.376 e. The first-order valence-electron chi connectivity index (χ1n) is 7.39. The van der Waals surface area contributed by atoms with Crippen molar-refractivity contribution in [3.8, 4) is 0 Å². The van der Waals surface area contributed by atoms with Gasteiger partial charge in [-0.25, -0.2) is 4.79 Å². The van der Waals surface area contributed by atoms with Crippen LogP contribution in [0.1, 0.15) is 18.4 Å². The van der Waals surface area contributed by atoms with E-state index in [9.17, 15) is 22.8 Å². The maximum atomic E-state index is 12.9. The van der Waals surface area contributed by atoms with Crippen molar-refractivity contribution in [3.05, 3.63) is 23.8 Å². The summed E-state index contributed by atoms with van der Waals surface area (Å²) >= 11 is 0. The lowest BCUT2D eigenvalue weighted by molar-refractivity contribution is -0.137. The van der Waals surface area contributed by atoms with Gasteiger partial charge in [-0.15, -0.1) is 0 Å². The van der Waals surface area contributed by atoms with Crippen LogP contribution in [0.2, 0.25) is 0 Å². The molecule has 0 unspecified atom stereocenters. The number of rotatable bonds is 3. The van der Waals surface area contributed by atoms with Crippen molar-refractivity contribution < 1.29 is 22.8 Å². The van der Waals surface area contributed by atoms with Gasteiger partial charge in [0.1, 0.15) is 0 Å². The molecule has 0 aromatic heterocycles. The number of amides is 3. The molecule has 1 aliphatic rings. The second-order valence-electron chi connectivity index (χ2n) is 5.76. The first-order valence-corrected chi connectivity index (χ1v) is 7.39. The molecule has 1 atom stereocenters. The number of anilines is 2. The molecule has 0 aliphatic carbocycles. The van der Waals surface area contributed by atoms with Crippen LogP contribution in [0, 0.1) is 0 Å². The highest BCUT2D eigenvalue weighted by Gasteiger charge is 2.31. The summed E-state index contributed by atoms with van der Waals surface area (Å²) in [6.07, 6.45) is -3.70. The Labute approximate surface area is 137 Å². The zero-order valence-electron chi connectivity index (χ0n) is 13.3. The van der Waals surface area contributed by atoms with E-state index in [-0.39, 0.29) is 17.6 Å². The quantitative estimate of drug-likeness (QED) is 0.787. The molecule has 24 heavy (non-hydrogen) atoms. The summed E-state index contributed by atoms with van der Waals surface area (Å²) in [4.78, 5) is 24.8. The van der Waals surface area contributed by atoms with E-state index in [1.165, 1.54) is 6.07 Å². The molecule has 0 radical (unpaired) electrons. The number of carbonyl (C=O) groups is 2. The highest BCUT2D eigenvalue weighted by Crippen LogP contribution is 2.34. The van der Waals surface area contributed by atoms with Crippen molar-refractivity contribution in [1.82, 2.24) is 10.6 Å². The normalized spacial score (nSPS) is 17.9. The van der Waals surface area contributed by atoms with Gasteiger partial charge in [0.05, 0.1) is 16.9 Å². The molecule has 0 bridgehead atoms. The zero-order valence-corrected chi connectivity index (χ0v) is 13.3. The Morgan fingerprint density at radius 3 is 2.58 bits per heavy atom. The molecule has 1 aromatic rings. The minimum absolute atomic E-state index is 0.0622. The molecule has 1 aromatic carbocycles. The second kappa shape index (κ2) is 6.98. The summed E-state index contributed by atoms with van der Waals surface area (Å²) in [7, 11) is 3.34. The van der Waals surface area contributed by atoms with Crippen molar-refractivity contribution in [1.29, 1.82) is 0 Å². The van der Waals surface area contributed by atoms with E-state index >= 15 is 0 Å². The third kappa shape index (κ3) is 4.53. The van der Waals surface area contributed by atoms with Gasteiger partial charge < -0.3 is 20.9 Å². The lowest BCUT2D eigenvalue weighted by atomic mass is 10.1. The molecule has 6 nitrogen and oxygen atoms in total. The fourth-order valence-corrected chi connectivity index (χ4v) is 2.40. The van der Waals surface area contributed by atoms with E-state index in [4.69, 9.17) is 0 Å². The summed E-state index contributed by atoms with van der Waals surface area (Å²) < 4.78 is 38.6. The van der Waals surface area contributed by atoms with Crippen molar-refractivity contribution in [2.24, 2.45) is 0 Å². The minimum atomic E-state index is -4.49. The molecular weight excluding hydrogens is 325 g/mol. The van der Waals surface area contributed by atoms with Crippen molar-refractivity contribution >= 4 is 23.3 Å². The van der Waals surface area contributed by atoms with Gasteiger partial charge in [-0.3, -0.25) is 4.79 Å². The molecule has 3 N–H and O–H groups in total. The number of nitrogens with one attached hydrogen (secondary N) is 3. The van der Waals surface area contributed by atoms with Gasteiger partial charge in [0.2, 0.25) is 5.91 Å². The summed E-state index contributed by atoms with van der Waals surface area (Å²) in [6, 6.07) is 2.31. The fourth-order valence-electron chi connectivity index (χ4n) is 2.40. The Morgan fingerprint density at radius 2 is 2.04 bits per heavy atom. The van der Waals surface area contributed by atoms with Crippen molar-refractivity contribution in [2.45, 2.75) is 25.1 Å². The Morgan fingerprint density at radius 1 is 1.33 bits per heavy atom. The second-order valence-corrected chi connectivity index (χ2v) is 5.76. The molecule has 132 valence electrons. The third-order valence-electron chi connectivity index (χ3n) is 3.65. The molecule has 0 saturated carbocycles. The van der Waals surface area contributed by atoms with E-state index in [1.54, 1.807) is 19.0 Å². The summed E-state index contributed by atoms with van der Waals surface area (Å²) in [6.45, 7) is 0.301. The monoisotopic (exact) mass is 344 g/mol. The number of hydrogen-bond donors (Lipinski definition) is 3. The van der Waals surface area contributed by atoms with Gasteiger partial charge in [0.25, 0.3) is 0 Å². The standard InChI is InChI=1S/C15H19F3N4O2/c1-22(2)12-5-3-9(15(16,17)18)7-11(12)21-14(24)20-10-4-6-13(23)19-8-10/h3,5,7,10H,4,6,8H2,1-2H3,(H,19,23)(H2,20,21,24)/t10-/m1/s1. The summed E-state index contributed by atoms with van der Waals surface area (Å²) in [5.41, 5.74) is -0.324. The highest BCUT2D eigenvalue weighted by atomic mass is 19.4. The molecule has 1 aliphatic heterocycles. The topological polar surface area (TPSA) is 73.5 Å². The third-order valence-corrected chi connectivity index (χ3v) is 3.65. The number of halogens is 3. The Balaban J connectivity index is 2.11. The number of nitrogens with zero attached hydrogens (tertiary/aromatic N) is 1. The summed E-state index contributed by atoms with van der Waals surface area (Å²) in [5.74, 6) is -0.0822. The van der Waals surface area contributed by atoms with Gasteiger partial charge in [-0.05, 0) is 24.6 Å². The van der Waals surface area contributed by atoms with Crippen LogP contribution in [-0.2, 0) is 11.0 Å². The minimum Gasteiger partial charge on any atom is -0.376 e. The first-order chi connectivity index (χ1) is 11.2. The number of carbonyl (C=O) groups excluding carboxylic acids is 2. The predicted octanol–water partition coefficient (Wildman–Crippen LogP) is 2.17. The van der Waals surface area contributed by atoms with Crippen LogP contribution in [-0.4, -0.2) is 38.6 Å². The van der Waals surface area contributed by atoms with E-state index in [0.717, 1.165) is 12.1 Å².